The van der Waals surface area contributed by atoms with E-state index in [0.717, 1.165) is 17.4 Å². The maximum absolute atomic E-state index is 12.2. The minimum absolute atomic E-state index is 0.00243. The number of hydrogen-bond acceptors (Lipinski definition) is 5. The first-order valence-electron chi connectivity index (χ1n) is 7.81. The smallest absolute Gasteiger partial charge is 0.306 e. The summed E-state index contributed by atoms with van der Waals surface area (Å²) < 4.78 is 11.0. The number of carbonyl (C=O) groups excluding carboxylic acids is 3. The summed E-state index contributed by atoms with van der Waals surface area (Å²) in [6.07, 6.45) is 1.48. The highest BCUT2D eigenvalue weighted by atomic mass is 79.9. The SMILES string of the molecule is COc1ccc(Br)cc1C(=O)CCC(=O)OCCN1CCCC1=O. The van der Waals surface area contributed by atoms with E-state index >= 15 is 0 Å². The van der Waals surface area contributed by atoms with Crippen LogP contribution in [0.3, 0.4) is 0 Å². The van der Waals surface area contributed by atoms with E-state index in [1.807, 2.05) is 0 Å². The number of carbonyl (C=O) groups is 3. The number of ether oxygens (including phenoxy) is 2. The van der Waals surface area contributed by atoms with Crippen molar-refractivity contribution in [3.8, 4) is 5.75 Å². The van der Waals surface area contributed by atoms with Gasteiger partial charge in [-0.15, -0.1) is 0 Å². The lowest BCUT2D eigenvalue weighted by Gasteiger charge is -2.15. The van der Waals surface area contributed by atoms with Crippen LogP contribution >= 0.6 is 15.9 Å². The van der Waals surface area contributed by atoms with Gasteiger partial charge in [0.2, 0.25) is 5.91 Å². The first-order valence-corrected chi connectivity index (χ1v) is 8.60. The molecule has 1 aliphatic heterocycles. The third kappa shape index (κ3) is 5.06. The summed E-state index contributed by atoms with van der Waals surface area (Å²) >= 11 is 3.31. The van der Waals surface area contributed by atoms with Crippen molar-refractivity contribution in [2.45, 2.75) is 25.7 Å². The van der Waals surface area contributed by atoms with Crippen molar-refractivity contribution >= 4 is 33.6 Å². The quantitative estimate of drug-likeness (QED) is 0.497. The van der Waals surface area contributed by atoms with Gasteiger partial charge in [-0.2, -0.15) is 0 Å². The molecule has 130 valence electrons. The molecule has 7 heteroatoms. The molecule has 0 unspecified atom stereocenters. The van der Waals surface area contributed by atoms with Gasteiger partial charge in [-0.25, -0.2) is 0 Å². The minimum Gasteiger partial charge on any atom is -0.496 e. The summed E-state index contributed by atoms with van der Waals surface area (Å²) in [6, 6.07) is 5.15. The molecule has 0 aromatic heterocycles. The Morgan fingerprint density at radius 2 is 2.08 bits per heavy atom. The molecule has 1 amide bonds. The summed E-state index contributed by atoms with van der Waals surface area (Å²) in [4.78, 5) is 37.1. The van der Waals surface area contributed by atoms with E-state index in [-0.39, 0.29) is 31.1 Å². The topological polar surface area (TPSA) is 72.9 Å². The Bertz CT molecular complexity index is 631. The van der Waals surface area contributed by atoms with Crippen LogP contribution in [-0.4, -0.2) is 49.4 Å². The number of Topliss-reactive ketones (excluding diaryl/α,β-unsaturated/α-hetero) is 1. The van der Waals surface area contributed by atoms with E-state index in [1.165, 1.54) is 7.11 Å². The van der Waals surface area contributed by atoms with Gasteiger partial charge in [0, 0.05) is 23.9 Å². The number of halogens is 1. The van der Waals surface area contributed by atoms with Crippen LogP contribution in [0.5, 0.6) is 5.75 Å². The number of hydrogen-bond donors (Lipinski definition) is 0. The second-order valence-corrected chi connectivity index (χ2v) is 6.39. The van der Waals surface area contributed by atoms with Crippen LogP contribution < -0.4 is 4.74 Å². The third-order valence-corrected chi connectivity index (χ3v) is 4.31. The average molecular weight is 398 g/mol. The first-order chi connectivity index (χ1) is 11.5. The number of rotatable bonds is 8. The Morgan fingerprint density at radius 1 is 1.29 bits per heavy atom. The van der Waals surface area contributed by atoms with Crippen molar-refractivity contribution in [2.24, 2.45) is 0 Å². The zero-order chi connectivity index (χ0) is 17.5. The Morgan fingerprint density at radius 3 is 2.75 bits per heavy atom. The molecule has 0 spiro atoms. The molecule has 1 saturated heterocycles. The molecule has 1 heterocycles. The van der Waals surface area contributed by atoms with Crippen LogP contribution in [-0.2, 0) is 14.3 Å². The van der Waals surface area contributed by atoms with Gasteiger partial charge in [-0.05, 0) is 24.6 Å². The molecule has 0 atom stereocenters. The number of esters is 1. The molecule has 0 aliphatic carbocycles. The van der Waals surface area contributed by atoms with Gasteiger partial charge in [0.25, 0.3) is 0 Å². The van der Waals surface area contributed by atoms with Crippen LogP contribution in [0, 0.1) is 0 Å². The maximum atomic E-state index is 12.2. The molecule has 1 aromatic carbocycles. The lowest BCUT2D eigenvalue weighted by atomic mass is 10.1. The number of likely N-dealkylation sites (tertiary alicyclic amines) is 1. The fourth-order valence-corrected chi connectivity index (χ4v) is 2.89. The van der Waals surface area contributed by atoms with E-state index < -0.39 is 5.97 Å². The van der Waals surface area contributed by atoms with Gasteiger partial charge >= 0.3 is 5.97 Å². The molecule has 0 bridgehead atoms. The van der Waals surface area contributed by atoms with Gasteiger partial charge in [0.05, 0.1) is 25.6 Å². The fourth-order valence-electron chi connectivity index (χ4n) is 2.53. The van der Waals surface area contributed by atoms with Crippen molar-refractivity contribution in [1.29, 1.82) is 0 Å². The Hall–Kier alpha value is -1.89. The van der Waals surface area contributed by atoms with Crippen molar-refractivity contribution in [3.63, 3.8) is 0 Å². The summed E-state index contributed by atoms with van der Waals surface area (Å²) in [6.45, 7) is 1.30. The second-order valence-electron chi connectivity index (χ2n) is 5.47. The molecule has 0 N–H and O–H groups in total. The lowest BCUT2D eigenvalue weighted by Crippen LogP contribution is -2.29. The minimum atomic E-state index is -0.441. The molecule has 1 fully saturated rings. The van der Waals surface area contributed by atoms with E-state index in [9.17, 15) is 14.4 Å². The number of nitrogens with zero attached hydrogens (tertiary/aromatic N) is 1. The van der Waals surface area contributed by atoms with E-state index in [0.29, 0.717) is 24.3 Å². The van der Waals surface area contributed by atoms with Crippen LogP contribution in [0.25, 0.3) is 0 Å². The highest BCUT2D eigenvalue weighted by Crippen LogP contribution is 2.24. The molecule has 0 saturated carbocycles. The van der Waals surface area contributed by atoms with Crippen molar-refractivity contribution < 1.29 is 23.9 Å². The predicted octanol–water partition coefficient (Wildman–Crippen LogP) is 2.59. The predicted molar refractivity (Wildman–Crippen MR) is 91.0 cm³/mol. The largest absolute Gasteiger partial charge is 0.496 e. The van der Waals surface area contributed by atoms with Crippen molar-refractivity contribution in [3.05, 3.63) is 28.2 Å². The lowest BCUT2D eigenvalue weighted by molar-refractivity contribution is -0.145. The van der Waals surface area contributed by atoms with Crippen LogP contribution in [0.2, 0.25) is 0 Å². The molecule has 1 aromatic rings. The third-order valence-electron chi connectivity index (χ3n) is 3.81. The summed E-state index contributed by atoms with van der Waals surface area (Å²) in [7, 11) is 1.49. The number of benzene rings is 1. The van der Waals surface area contributed by atoms with Crippen molar-refractivity contribution in [1.82, 2.24) is 4.90 Å². The summed E-state index contributed by atoms with van der Waals surface area (Å²) in [5.41, 5.74) is 0.433. The molecule has 2 rings (SSSR count). The Labute approximate surface area is 149 Å². The van der Waals surface area contributed by atoms with E-state index in [2.05, 4.69) is 15.9 Å². The van der Waals surface area contributed by atoms with Crippen molar-refractivity contribution in [2.75, 3.05) is 26.8 Å². The fraction of sp³-hybridized carbons (Fsp3) is 0.471. The highest BCUT2D eigenvalue weighted by Gasteiger charge is 2.20. The second kappa shape index (κ2) is 8.82. The van der Waals surface area contributed by atoms with Crippen LogP contribution in [0.15, 0.2) is 22.7 Å². The number of ketones is 1. The molecule has 0 radical (unpaired) electrons. The van der Waals surface area contributed by atoms with Gasteiger partial charge in [-0.1, -0.05) is 15.9 Å². The van der Waals surface area contributed by atoms with E-state index in [4.69, 9.17) is 9.47 Å². The average Bonchev–Trinajstić information content (AvgIpc) is 2.97. The Balaban J connectivity index is 1.76. The van der Waals surface area contributed by atoms with Gasteiger partial charge in [-0.3, -0.25) is 14.4 Å². The zero-order valence-electron chi connectivity index (χ0n) is 13.5. The molecule has 6 nitrogen and oxygen atoms in total. The van der Waals surface area contributed by atoms with Gasteiger partial charge < -0.3 is 14.4 Å². The molecule has 24 heavy (non-hydrogen) atoms. The normalized spacial score (nSPS) is 13.9. The van der Waals surface area contributed by atoms with Crippen LogP contribution in [0.4, 0.5) is 0 Å². The number of methoxy groups -OCH3 is 1. The highest BCUT2D eigenvalue weighted by molar-refractivity contribution is 9.10. The number of amides is 1. The Kier molecular flexibility index (Phi) is 6.78. The standard InChI is InChI=1S/C17H20BrNO5/c1-23-15-6-4-12(18)11-13(15)14(20)5-7-17(22)24-10-9-19-8-2-3-16(19)21/h4,6,11H,2-3,5,7-10H2,1H3. The molecular formula is C17H20BrNO5. The monoisotopic (exact) mass is 397 g/mol. The van der Waals surface area contributed by atoms with Crippen LogP contribution in [0.1, 0.15) is 36.0 Å². The maximum Gasteiger partial charge on any atom is 0.306 e. The van der Waals surface area contributed by atoms with Gasteiger partial charge in [0.1, 0.15) is 12.4 Å². The summed E-state index contributed by atoms with van der Waals surface area (Å²) in [5, 5.41) is 0. The van der Waals surface area contributed by atoms with E-state index in [1.54, 1.807) is 23.1 Å². The first kappa shape index (κ1) is 18.4. The van der Waals surface area contributed by atoms with Gasteiger partial charge in [0.15, 0.2) is 5.78 Å². The zero-order valence-corrected chi connectivity index (χ0v) is 15.1. The molecule has 1 aliphatic rings. The summed E-state index contributed by atoms with van der Waals surface area (Å²) in [5.74, 6) is -0.0455. The molecular weight excluding hydrogens is 378 g/mol.